The lowest BCUT2D eigenvalue weighted by Crippen LogP contribution is -1.92. The molecule has 0 aliphatic rings. The van der Waals surface area contributed by atoms with Gasteiger partial charge < -0.3 is 0 Å². The number of carbonyl (C=O) groups is 1. The molecular weight excluding hydrogens is 222 g/mol. The highest BCUT2D eigenvalue weighted by Gasteiger charge is 2.03. The van der Waals surface area contributed by atoms with Crippen molar-refractivity contribution in [2.75, 3.05) is 0 Å². The van der Waals surface area contributed by atoms with Crippen LogP contribution in [0.15, 0.2) is 40.6 Å². The van der Waals surface area contributed by atoms with E-state index in [2.05, 4.69) is 10.1 Å². The SMILES string of the molecule is CC(=O)c1ccc(Sc2cnn(C)c2)nc1. The van der Waals surface area contributed by atoms with E-state index in [-0.39, 0.29) is 5.78 Å². The van der Waals surface area contributed by atoms with Crippen LogP contribution in [-0.4, -0.2) is 20.5 Å². The Labute approximate surface area is 97.7 Å². The predicted octanol–water partition coefficient (Wildman–Crippen LogP) is 2.17. The Hall–Kier alpha value is -1.62. The molecule has 2 rings (SSSR count). The Kier molecular flexibility index (Phi) is 3.05. The summed E-state index contributed by atoms with van der Waals surface area (Å²) in [5.41, 5.74) is 0.635. The quantitative estimate of drug-likeness (QED) is 0.762. The van der Waals surface area contributed by atoms with Crippen LogP contribution in [0.3, 0.4) is 0 Å². The first-order valence-electron chi connectivity index (χ1n) is 4.78. The molecule has 0 unspecified atom stereocenters. The van der Waals surface area contributed by atoms with Crippen LogP contribution in [0.4, 0.5) is 0 Å². The van der Waals surface area contributed by atoms with E-state index in [1.807, 2.05) is 19.3 Å². The molecule has 0 aliphatic heterocycles. The number of hydrogen-bond donors (Lipinski definition) is 0. The summed E-state index contributed by atoms with van der Waals surface area (Å²) in [5, 5.41) is 4.93. The highest BCUT2D eigenvalue weighted by atomic mass is 32.2. The van der Waals surface area contributed by atoms with Crippen LogP contribution in [0, 0.1) is 0 Å². The lowest BCUT2D eigenvalue weighted by atomic mass is 10.2. The van der Waals surface area contributed by atoms with E-state index in [1.165, 1.54) is 18.7 Å². The second-order valence-electron chi connectivity index (χ2n) is 3.39. The van der Waals surface area contributed by atoms with E-state index >= 15 is 0 Å². The van der Waals surface area contributed by atoms with Gasteiger partial charge in [-0.1, -0.05) is 11.8 Å². The van der Waals surface area contributed by atoms with Crippen molar-refractivity contribution in [3.05, 3.63) is 36.3 Å². The number of ketones is 1. The molecule has 16 heavy (non-hydrogen) atoms. The number of nitrogens with zero attached hydrogens (tertiary/aromatic N) is 3. The smallest absolute Gasteiger partial charge is 0.161 e. The molecule has 0 radical (unpaired) electrons. The Balaban J connectivity index is 2.14. The number of aromatic nitrogens is 3. The standard InChI is InChI=1S/C11H11N3OS/c1-8(15)9-3-4-11(12-5-9)16-10-6-13-14(2)7-10/h3-7H,1-2H3. The summed E-state index contributed by atoms with van der Waals surface area (Å²) < 4.78 is 1.74. The molecule has 5 heteroatoms. The van der Waals surface area contributed by atoms with Gasteiger partial charge in [0.25, 0.3) is 0 Å². The number of carbonyl (C=O) groups excluding carboxylic acids is 1. The highest BCUT2D eigenvalue weighted by molar-refractivity contribution is 7.99. The van der Waals surface area contributed by atoms with E-state index in [1.54, 1.807) is 23.1 Å². The molecule has 0 bridgehead atoms. The monoisotopic (exact) mass is 233 g/mol. The Morgan fingerprint density at radius 1 is 1.38 bits per heavy atom. The largest absolute Gasteiger partial charge is 0.294 e. The molecule has 0 aromatic carbocycles. The topological polar surface area (TPSA) is 47.8 Å². The maximum atomic E-state index is 11.1. The summed E-state index contributed by atoms with van der Waals surface area (Å²) in [6, 6.07) is 3.63. The first-order valence-corrected chi connectivity index (χ1v) is 5.60. The van der Waals surface area contributed by atoms with Gasteiger partial charge in [0.05, 0.1) is 11.1 Å². The average Bonchev–Trinajstić information content (AvgIpc) is 2.65. The normalized spacial score (nSPS) is 10.4. The zero-order chi connectivity index (χ0) is 11.5. The van der Waals surface area contributed by atoms with Crippen molar-refractivity contribution in [1.29, 1.82) is 0 Å². The molecule has 0 saturated heterocycles. The number of pyridine rings is 1. The predicted molar refractivity (Wildman–Crippen MR) is 61.6 cm³/mol. The lowest BCUT2D eigenvalue weighted by Gasteiger charge is -1.98. The van der Waals surface area contributed by atoms with Crippen LogP contribution >= 0.6 is 11.8 Å². The number of rotatable bonds is 3. The Morgan fingerprint density at radius 3 is 2.69 bits per heavy atom. The van der Waals surface area contributed by atoms with Crippen LogP contribution < -0.4 is 0 Å². The third-order valence-electron chi connectivity index (χ3n) is 2.05. The van der Waals surface area contributed by atoms with Gasteiger partial charge in [0.1, 0.15) is 5.03 Å². The third-order valence-corrected chi connectivity index (χ3v) is 2.94. The third kappa shape index (κ3) is 2.49. The Bertz CT molecular complexity index is 504. The van der Waals surface area contributed by atoms with E-state index in [0.717, 1.165) is 9.92 Å². The first-order chi connectivity index (χ1) is 7.65. The number of Topliss-reactive ketones (excluding diaryl/α,β-unsaturated/α-hetero) is 1. The van der Waals surface area contributed by atoms with Crippen molar-refractivity contribution in [3.63, 3.8) is 0 Å². The van der Waals surface area contributed by atoms with Crippen LogP contribution in [0.25, 0.3) is 0 Å². The van der Waals surface area contributed by atoms with Crippen LogP contribution in [0.5, 0.6) is 0 Å². The van der Waals surface area contributed by atoms with Gasteiger partial charge in [-0.05, 0) is 19.1 Å². The molecule has 0 spiro atoms. The Morgan fingerprint density at radius 2 is 2.19 bits per heavy atom. The number of aryl methyl sites for hydroxylation is 1. The summed E-state index contributed by atoms with van der Waals surface area (Å²) in [6.07, 6.45) is 5.30. The van der Waals surface area contributed by atoms with Gasteiger partial charge in [-0.3, -0.25) is 9.48 Å². The molecule has 0 atom stereocenters. The number of hydrogen-bond acceptors (Lipinski definition) is 4. The average molecular weight is 233 g/mol. The molecule has 2 aromatic rings. The van der Waals surface area contributed by atoms with Crippen molar-refractivity contribution in [2.45, 2.75) is 16.8 Å². The van der Waals surface area contributed by atoms with Crippen molar-refractivity contribution in [2.24, 2.45) is 7.05 Å². The molecular formula is C11H11N3OS. The molecule has 0 N–H and O–H groups in total. The van der Waals surface area contributed by atoms with Gasteiger partial charge in [0, 0.05) is 25.0 Å². The minimum atomic E-state index is 0.0328. The fraction of sp³-hybridized carbons (Fsp3) is 0.182. The van der Waals surface area contributed by atoms with Crippen LogP contribution in [-0.2, 0) is 7.05 Å². The van der Waals surface area contributed by atoms with Gasteiger partial charge in [-0.15, -0.1) is 0 Å². The van der Waals surface area contributed by atoms with Crippen LogP contribution in [0.2, 0.25) is 0 Å². The van der Waals surface area contributed by atoms with E-state index in [4.69, 9.17) is 0 Å². The van der Waals surface area contributed by atoms with E-state index in [9.17, 15) is 4.79 Å². The fourth-order valence-corrected chi connectivity index (χ4v) is 2.01. The molecule has 0 aliphatic carbocycles. The minimum Gasteiger partial charge on any atom is -0.294 e. The zero-order valence-electron chi connectivity index (χ0n) is 9.04. The van der Waals surface area contributed by atoms with Crippen LogP contribution in [0.1, 0.15) is 17.3 Å². The molecule has 0 fully saturated rings. The van der Waals surface area contributed by atoms with Gasteiger partial charge >= 0.3 is 0 Å². The molecule has 0 amide bonds. The molecule has 2 aromatic heterocycles. The van der Waals surface area contributed by atoms with E-state index in [0.29, 0.717) is 5.56 Å². The summed E-state index contributed by atoms with van der Waals surface area (Å²) in [6.45, 7) is 1.53. The lowest BCUT2D eigenvalue weighted by molar-refractivity contribution is 0.101. The fourth-order valence-electron chi connectivity index (χ4n) is 1.22. The van der Waals surface area contributed by atoms with Crippen molar-refractivity contribution >= 4 is 17.5 Å². The molecule has 82 valence electrons. The van der Waals surface area contributed by atoms with Crippen molar-refractivity contribution in [1.82, 2.24) is 14.8 Å². The summed E-state index contributed by atoms with van der Waals surface area (Å²) in [7, 11) is 1.87. The summed E-state index contributed by atoms with van der Waals surface area (Å²) in [4.78, 5) is 16.3. The van der Waals surface area contributed by atoms with Gasteiger partial charge in [-0.2, -0.15) is 5.10 Å². The maximum Gasteiger partial charge on any atom is 0.161 e. The van der Waals surface area contributed by atoms with Gasteiger partial charge in [-0.25, -0.2) is 4.98 Å². The zero-order valence-corrected chi connectivity index (χ0v) is 9.86. The highest BCUT2D eigenvalue weighted by Crippen LogP contribution is 2.24. The first kappa shape index (κ1) is 10.9. The summed E-state index contributed by atoms with van der Waals surface area (Å²) in [5.74, 6) is 0.0328. The van der Waals surface area contributed by atoms with Crippen molar-refractivity contribution < 1.29 is 4.79 Å². The minimum absolute atomic E-state index is 0.0328. The summed E-state index contributed by atoms with van der Waals surface area (Å²) >= 11 is 1.52. The molecule has 4 nitrogen and oxygen atoms in total. The second kappa shape index (κ2) is 4.49. The maximum absolute atomic E-state index is 11.1. The second-order valence-corrected chi connectivity index (χ2v) is 4.49. The van der Waals surface area contributed by atoms with Crippen molar-refractivity contribution in [3.8, 4) is 0 Å². The van der Waals surface area contributed by atoms with Gasteiger partial charge in [0.2, 0.25) is 0 Å². The molecule has 2 heterocycles. The van der Waals surface area contributed by atoms with E-state index < -0.39 is 0 Å². The molecule has 0 saturated carbocycles. The van der Waals surface area contributed by atoms with Gasteiger partial charge in [0.15, 0.2) is 5.78 Å².